The van der Waals surface area contributed by atoms with Crippen molar-refractivity contribution in [2.45, 2.75) is 45.8 Å². The molecule has 1 N–H and O–H groups in total. The highest BCUT2D eigenvalue weighted by atomic mass is 79.9. The summed E-state index contributed by atoms with van der Waals surface area (Å²) in [5.41, 5.74) is 0.651. The van der Waals surface area contributed by atoms with Crippen molar-refractivity contribution in [1.82, 2.24) is 0 Å². The minimum atomic E-state index is -0.664. The molecule has 4 nitrogen and oxygen atoms in total. The maximum atomic E-state index is 11.9. The Morgan fingerprint density at radius 1 is 1.40 bits per heavy atom. The van der Waals surface area contributed by atoms with Crippen molar-refractivity contribution < 1.29 is 19.4 Å². The van der Waals surface area contributed by atoms with Gasteiger partial charge >= 0.3 is 5.97 Å². The molecule has 0 bridgehead atoms. The van der Waals surface area contributed by atoms with Gasteiger partial charge in [-0.25, -0.2) is 4.79 Å². The van der Waals surface area contributed by atoms with Crippen molar-refractivity contribution in [1.29, 1.82) is 0 Å². The van der Waals surface area contributed by atoms with E-state index in [1.54, 1.807) is 26.0 Å². The van der Waals surface area contributed by atoms with Crippen LogP contribution >= 0.6 is 15.9 Å². The molecule has 0 fully saturated rings. The Kier molecular flexibility index (Phi) is 7.02. The molecule has 0 amide bonds. The summed E-state index contributed by atoms with van der Waals surface area (Å²) in [6.07, 6.45) is 0.0702. The highest BCUT2D eigenvalue weighted by Gasteiger charge is 2.23. The van der Waals surface area contributed by atoms with Gasteiger partial charge in [0, 0.05) is 10.0 Å². The van der Waals surface area contributed by atoms with Gasteiger partial charge in [0.1, 0.15) is 5.75 Å². The molecule has 0 saturated carbocycles. The Hall–Kier alpha value is -1.07. The van der Waals surface area contributed by atoms with Crippen LogP contribution in [0.3, 0.4) is 0 Å². The first-order valence-electron chi connectivity index (χ1n) is 6.80. The molecule has 2 unspecified atom stereocenters. The number of carbonyl (C=O) groups is 1. The van der Waals surface area contributed by atoms with E-state index >= 15 is 0 Å². The maximum Gasteiger partial charge on any atom is 0.347 e. The van der Waals surface area contributed by atoms with Crippen molar-refractivity contribution >= 4 is 21.9 Å². The Balaban J connectivity index is 2.97. The molecule has 0 aliphatic rings. The zero-order valence-electron chi connectivity index (χ0n) is 12.1. The van der Waals surface area contributed by atoms with Crippen LogP contribution in [0.4, 0.5) is 0 Å². The lowest BCUT2D eigenvalue weighted by molar-refractivity contribution is -0.151. The number of aliphatic hydroxyl groups excluding tert-OH is 1. The predicted octanol–water partition coefficient (Wildman–Crippen LogP) is 3.61. The maximum absolute atomic E-state index is 11.9. The summed E-state index contributed by atoms with van der Waals surface area (Å²) >= 11 is 3.36. The summed E-state index contributed by atoms with van der Waals surface area (Å²) in [6, 6.07) is 5.36. The average molecular weight is 345 g/mol. The van der Waals surface area contributed by atoms with Crippen molar-refractivity contribution in [2.24, 2.45) is 0 Å². The van der Waals surface area contributed by atoms with Crippen LogP contribution < -0.4 is 4.74 Å². The average Bonchev–Trinajstić information content (AvgIpc) is 2.38. The quantitative estimate of drug-likeness (QED) is 0.767. The molecule has 20 heavy (non-hydrogen) atoms. The molecule has 0 aliphatic carbocycles. The van der Waals surface area contributed by atoms with Crippen molar-refractivity contribution in [3.63, 3.8) is 0 Å². The molecule has 0 aromatic heterocycles. The lowest BCUT2D eigenvalue weighted by Gasteiger charge is -2.20. The van der Waals surface area contributed by atoms with Gasteiger partial charge in [0.15, 0.2) is 6.10 Å². The van der Waals surface area contributed by atoms with Gasteiger partial charge in [-0.1, -0.05) is 35.3 Å². The van der Waals surface area contributed by atoms with E-state index < -0.39 is 12.2 Å². The van der Waals surface area contributed by atoms with Gasteiger partial charge in [-0.2, -0.15) is 0 Å². The van der Waals surface area contributed by atoms with E-state index in [-0.39, 0.29) is 5.97 Å². The normalized spacial score (nSPS) is 13.7. The number of hydrogen-bond acceptors (Lipinski definition) is 4. The van der Waals surface area contributed by atoms with E-state index in [2.05, 4.69) is 15.9 Å². The standard InChI is InChI=1S/C15H21BrO4/c1-4-6-13(15(18)19-5-2)20-14-9-11(16)7-8-12(14)10(3)17/h7-10,13,17H,4-6H2,1-3H3. The SMILES string of the molecule is CCCC(Oc1cc(Br)ccc1C(C)O)C(=O)OCC. The lowest BCUT2D eigenvalue weighted by Crippen LogP contribution is -2.29. The summed E-state index contributed by atoms with van der Waals surface area (Å²) in [4.78, 5) is 11.9. The topological polar surface area (TPSA) is 55.8 Å². The van der Waals surface area contributed by atoms with Crippen LogP contribution in [0.5, 0.6) is 5.75 Å². The van der Waals surface area contributed by atoms with Crippen molar-refractivity contribution in [2.75, 3.05) is 6.61 Å². The Morgan fingerprint density at radius 3 is 2.65 bits per heavy atom. The van der Waals surface area contributed by atoms with Crippen LogP contribution in [0.25, 0.3) is 0 Å². The van der Waals surface area contributed by atoms with Gasteiger partial charge in [-0.05, 0) is 32.4 Å². The summed E-state index contributed by atoms with van der Waals surface area (Å²) in [5.74, 6) is 0.131. The molecule has 2 atom stereocenters. The van der Waals surface area contributed by atoms with E-state index in [9.17, 15) is 9.90 Å². The molecular formula is C15H21BrO4. The van der Waals surface area contributed by atoms with Gasteiger partial charge in [-0.15, -0.1) is 0 Å². The molecule has 1 aromatic carbocycles. The summed E-state index contributed by atoms with van der Waals surface area (Å²) in [7, 11) is 0. The molecule has 1 aromatic rings. The number of halogens is 1. The highest BCUT2D eigenvalue weighted by Crippen LogP contribution is 2.30. The number of carbonyl (C=O) groups excluding carboxylic acids is 1. The lowest BCUT2D eigenvalue weighted by atomic mass is 10.1. The van der Waals surface area contributed by atoms with Crippen LogP contribution in [0.2, 0.25) is 0 Å². The third-order valence-electron chi connectivity index (χ3n) is 2.80. The van der Waals surface area contributed by atoms with Crippen molar-refractivity contribution in [3.05, 3.63) is 28.2 Å². The second kappa shape index (κ2) is 8.27. The van der Waals surface area contributed by atoms with Gasteiger partial charge in [-0.3, -0.25) is 0 Å². The number of rotatable bonds is 7. The van der Waals surface area contributed by atoms with Crippen LogP contribution in [0.15, 0.2) is 22.7 Å². The monoisotopic (exact) mass is 344 g/mol. The van der Waals surface area contributed by atoms with Crippen LogP contribution in [-0.2, 0) is 9.53 Å². The fourth-order valence-electron chi connectivity index (χ4n) is 1.83. The molecular weight excluding hydrogens is 324 g/mol. The first-order chi connectivity index (χ1) is 9.49. The first kappa shape index (κ1) is 17.0. The largest absolute Gasteiger partial charge is 0.478 e. The van der Waals surface area contributed by atoms with E-state index in [1.807, 2.05) is 13.0 Å². The second-order valence-electron chi connectivity index (χ2n) is 4.51. The van der Waals surface area contributed by atoms with E-state index in [1.165, 1.54) is 0 Å². The fraction of sp³-hybridized carbons (Fsp3) is 0.533. The molecule has 0 spiro atoms. The van der Waals surface area contributed by atoms with Crippen molar-refractivity contribution in [3.8, 4) is 5.75 Å². The van der Waals surface area contributed by atoms with Gasteiger partial charge in [0.2, 0.25) is 0 Å². The fourth-order valence-corrected chi connectivity index (χ4v) is 2.17. The minimum absolute atomic E-state index is 0.324. The zero-order chi connectivity index (χ0) is 15.1. The van der Waals surface area contributed by atoms with Crippen LogP contribution in [0, 0.1) is 0 Å². The van der Waals surface area contributed by atoms with E-state index in [0.29, 0.717) is 24.3 Å². The molecule has 0 saturated heterocycles. The van der Waals surface area contributed by atoms with Gasteiger partial charge < -0.3 is 14.6 Å². The second-order valence-corrected chi connectivity index (χ2v) is 5.42. The Morgan fingerprint density at radius 2 is 2.10 bits per heavy atom. The van der Waals surface area contributed by atoms with Crippen LogP contribution in [0.1, 0.15) is 45.3 Å². The summed E-state index contributed by atoms with van der Waals surface area (Å²) < 4.78 is 11.6. The molecule has 1 rings (SSSR count). The van der Waals surface area contributed by atoms with E-state index in [4.69, 9.17) is 9.47 Å². The Labute approximate surface area is 128 Å². The minimum Gasteiger partial charge on any atom is -0.478 e. The zero-order valence-corrected chi connectivity index (χ0v) is 13.6. The van der Waals surface area contributed by atoms with E-state index in [0.717, 1.165) is 10.9 Å². The smallest absolute Gasteiger partial charge is 0.347 e. The molecule has 112 valence electrons. The number of aliphatic hydroxyl groups is 1. The number of benzene rings is 1. The molecule has 5 heteroatoms. The number of hydrogen-bond donors (Lipinski definition) is 1. The third-order valence-corrected chi connectivity index (χ3v) is 3.29. The number of esters is 1. The third kappa shape index (κ3) is 4.80. The molecule has 0 heterocycles. The highest BCUT2D eigenvalue weighted by molar-refractivity contribution is 9.10. The van der Waals surface area contributed by atoms with Crippen LogP contribution in [-0.4, -0.2) is 23.8 Å². The Bertz CT molecular complexity index is 445. The predicted molar refractivity (Wildman–Crippen MR) is 80.7 cm³/mol. The first-order valence-corrected chi connectivity index (χ1v) is 7.59. The summed E-state index contributed by atoms with van der Waals surface area (Å²) in [5, 5.41) is 9.77. The molecule has 0 radical (unpaired) electrons. The molecule has 0 aliphatic heterocycles. The van der Waals surface area contributed by atoms with Gasteiger partial charge in [0.05, 0.1) is 12.7 Å². The number of ether oxygens (including phenoxy) is 2. The summed E-state index contributed by atoms with van der Waals surface area (Å²) in [6.45, 7) is 5.73. The van der Waals surface area contributed by atoms with Gasteiger partial charge in [0.25, 0.3) is 0 Å².